The van der Waals surface area contributed by atoms with Crippen molar-refractivity contribution >= 4 is 27.3 Å². The van der Waals surface area contributed by atoms with Gasteiger partial charge in [0, 0.05) is 6.54 Å². The Balaban J connectivity index is 2.89. The van der Waals surface area contributed by atoms with Crippen LogP contribution >= 0.6 is 0 Å². The average molecular weight is 294 g/mol. The Morgan fingerprint density at radius 3 is 2.50 bits per heavy atom. The zero-order valence-corrected chi connectivity index (χ0v) is 11.5. The van der Waals surface area contributed by atoms with Gasteiger partial charge < -0.3 is 5.73 Å². The van der Waals surface area contributed by atoms with Crippen molar-refractivity contribution in [3.8, 4) is 6.07 Å². The number of anilines is 1. The number of sulfonamides is 1. The van der Waals surface area contributed by atoms with Gasteiger partial charge in [-0.3, -0.25) is 10.8 Å². The van der Waals surface area contributed by atoms with Crippen LogP contribution in [0.15, 0.2) is 34.3 Å². The molecular weight excluding hydrogens is 280 g/mol. The molecule has 20 heavy (non-hydrogen) atoms. The number of benzene rings is 1. The minimum atomic E-state index is -3.50. The maximum atomic E-state index is 11.7. The lowest BCUT2D eigenvalue weighted by molar-refractivity contribution is 0.584. The molecule has 0 radical (unpaired) electrons. The van der Waals surface area contributed by atoms with Gasteiger partial charge in [-0.1, -0.05) is 6.92 Å². The summed E-state index contributed by atoms with van der Waals surface area (Å²) in [7, 11) is -3.50. The van der Waals surface area contributed by atoms with Gasteiger partial charge in [0.2, 0.25) is 15.7 Å². The number of hydrogen-bond acceptors (Lipinski definition) is 6. The van der Waals surface area contributed by atoms with Crippen LogP contribution in [0.5, 0.6) is 0 Å². The van der Waals surface area contributed by atoms with Crippen LogP contribution in [0.25, 0.3) is 0 Å². The summed E-state index contributed by atoms with van der Waals surface area (Å²) in [6.45, 7) is 1.99. The predicted molar refractivity (Wildman–Crippen MR) is 75.9 cm³/mol. The zero-order chi connectivity index (χ0) is 15.2. The van der Waals surface area contributed by atoms with Crippen LogP contribution in [0.3, 0.4) is 0 Å². The second-order valence-electron chi connectivity index (χ2n) is 3.62. The molecule has 0 bridgehead atoms. The van der Waals surface area contributed by atoms with E-state index in [9.17, 15) is 8.42 Å². The topological polar surface area (TPSA) is 144 Å². The lowest BCUT2D eigenvalue weighted by atomic mass is 10.3. The molecule has 0 saturated carbocycles. The van der Waals surface area contributed by atoms with Crippen molar-refractivity contribution < 1.29 is 8.42 Å². The Morgan fingerprint density at radius 2 is 2.05 bits per heavy atom. The monoisotopic (exact) mass is 294 g/mol. The molecule has 1 rings (SSSR count). The summed E-state index contributed by atoms with van der Waals surface area (Å²) in [4.78, 5) is 0.126. The van der Waals surface area contributed by atoms with Gasteiger partial charge in [-0.2, -0.15) is 10.4 Å². The summed E-state index contributed by atoms with van der Waals surface area (Å²) in [5.74, 6) is -0.452. The van der Waals surface area contributed by atoms with E-state index in [0.29, 0.717) is 12.2 Å². The highest BCUT2D eigenvalue weighted by Crippen LogP contribution is 2.13. The van der Waals surface area contributed by atoms with Crippen LogP contribution < -0.4 is 15.9 Å². The third-order valence-electron chi connectivity index (χ3n) is 2.16. The van der Waals surface area contributed by atoms with E-state index in [-0.39, 0.29) is 10.6 Å². The first-order valence-corrected chi connectivity index (χ1v) is 7.07. The smallest absolute Gasteiger partial charge is 0.240 e. The molecule has 0 spiro atoms. The molecule has 5 N–H and O–H groups in total. The Kier molecular flexibility index (Phi) is 5.19. The second kappa shape index (κ2) is 6.65. The number of hydrogen-bond donors (Lipinski definition) is 4. The first-order valence-electron chi connectivity index (χ1n) is 5.58. The molecule has 8 nitrogen and oxygen atoms in total. The Labute approximate surface area is 116 Å². The third kappa shape index (κ3) is 4.04. The minimum absolute atomic E-state index is 0.126. The molecule has 0 aliphatic carbocycles. The molecule has 0 saturated heterocycles. The minimum Gasteiger partial charge on any atom is -0.382 e. The van der Waals surface area contributed by atoms with Gasteiger partial charge in [0.1, 0.15) is 6.07 Å². The Bertz CT molecular complexity index is 657. The number of nitriles is 1. The molecule has 106 valence electrons. The molecule has 0 atom stereocenters. The molecule has 1 aromatic carbocycles. The summed E-state index contributed by atoms with van der Waals surface area (Å²) < 4.78 is 25.8. The van der Waals surface area contributed by atoms with Crippen molar-refractivity contribution in [1.82, 2.24) is 4.72 Å². The van der Waals surface area contributed by atoms with E-state index in [4.69, 9.17) is 16.4 Å². The zero-order valence-electron chi connectivity index (χ0n) is 10.7. The van der Waals surface area contributed by atoms with Crippen LogP contribution in [-0.2, 0) is 10.0 Å². The van der Waals surface area contributed by atoms with Crippen LogP contribution in [-0.4, -0.2) is 26.5 Å². The van der Waals surface area contributed by atoms with Crippen molar-refractivity contribution in [2.45, 2.75) is 11.8 Å². The third-order valence-corrected chi connectivity index (χ3v) is 3.72. The maximum Gasteiger partial charge on any atom is 0.240 e. The SMILES string of the molecule is CCNS(=O)(=O)c1ccc(N/N=C(\C#N)C(=N)N)cc1. The fourth-order valence-electron chi connectivity index (χ4n) is 1.25. The van der Waals surface area contributed by atoms with E-state index in [2.05, 4.69) is 15.2 Å². The molecular formula is C11H14N6O2S. The first-order chi connectivity index (χ1) is 9.40. The van der Waals surface area contributed by atoms with Crippen molar-refractivity contribution in [2.75, 3.05) is 12.0 Å². The number of rotatable bonds is 6. The number of hydrazone groups is 1. The number of amidine groups is 1. The van der Waals surface area contributed by atoms with Gasteiger partial charge in [-0.05, 0) is 24.3 Å². The number of nitrogens with zero attached hydrogens (tertiary/aromatic N) is 2. The van der Waals surface area contributed by atoms with Crippen LogP contribution in [0.4, 0.5) is 5.69 Å². The van der Waals surface area contributed by atoms with Gasteiger partial charge in [0.25, 0.3) is 0 Å². The highest BCUT2D eigenvalue weighted by atomic mass is 32.2. The van der Waals surface area contributed by atoms with E-state index < -0.39 is 15.9 Å². The molecule has 0 amide bonds. The van der Waals surface area contributed by atoms with E-state index in [1.54, 1.807) is 13.0 Å². The normalized spacial score (nSPS) is 11.7. The molecule has 0 aliphatic heterocycles. The van der Waals surface area contributed by atoms with Crippen molar-refractivity contribution in [3.05, 3.63) is 24.3 Å². The summed E-state index contributed by atoms with van der Waals surface area (Å²) in [5.41, 5.74) is 7.86. The fraction of sp³-hybridized carbons (Fsp3) is 0.182. The van der Waals surface area contributed by atoms with Gasteiger partial charge in [0.15, 0.2) is 5.84 Å². The van der Waals surface area contributed by atoms with E-state index in [1.807, 2.05) is 0 Å². The lowest BCUT2D eigenvalue weighted by Gasteiger charge is -2.05. The predicted octanol–water partition coefficient (Wildman–Crippen LogP) is 0.212. The van der Waals surface area contributed by atoms with Gasteiger partial charge in [-0.25, -0.2) is 13.1 Å². The quantitative estimate of drug-likeness (QED) is 0.337. The van der Waals surface area contributed by atoms with Crippen molar-refractivity contribution in [1.29, 1.82) is 10.7 Å². The largest absolute Gasteiger partial charge is 0.382 e. The molecule has 0 heterocycles. The average Bonchev–Trinajstić information content (AvgIpc) is 2.39. The molecule has 9 heteroatoms. The van der Waals surface area contributed by atoms with Crippen molar-refractivity contribution in [3.63, 3.8) is 0 Å². The number of nitrogens with one attached hydrogen (secondary N) is 3. The Hall–Kier alpha value is -2.44. The molecule has 1 aromatic rings. The Morgan fingerprint density at radius 1 is 1.45 bits per heavy atom. The lowest BCUT2D eigenvalue weighted by Crippen LogP contribution is -2.23. The van der Waals surface area contributed by atoms with Gasteiger partial charge >= 0.3 is 0 Å². The number of nitrogens with two attached hydrogens (primary N) is 1. The standard InChI is InChI=1S/C11H14N6O2S/c1-2-15-20(18,19)9-5-3-8(4-6-9)16-17-10(7-12)11(13)14/h3-6,15-16H,2H2,1H3,(H3,13,14)/b17-10+. The molecule has 0 aromatic heterocycles. The summed E-state index contributed by atoms with van der Waals surface area (Å²) in [5, 5.41) is 19.4. The molecule has 0 aliphatic rings. The summed E-state index contributed by atoms with van der Waals surface area (Å²) in [6.07, 6.45) is 0. The van der Waals surface area contributed by atoms with Crippen LogP contribution in [0.2, 0.25) is 0 Å². The van der Waals surface area contributed by atoms with E-state index in [0.717, 1.165) is 0 Å². The van der Waals surface area contributed by atoms with E-state index >= 15 is 0 Å². The highest BCUT2D eigenvalue weighted by Gasteiger charge is 2.11. The summed E-state index contributed by atoms with van der Waals surface area (Å²) >= 11 is 0. The van der Waals surface area contributed by atoms with Gasteiger partial charge in [-0.15, -0.1) is 0 Å². The van der Waals surface area contributed by atoms with Crippen molar-refractivity contribution in [2.24, 2.45) is 10.8 Å². The first kappa shape index (κ1) is 15.6. The van der Waals surface area contributed by atoms with Crippen LogP contribution in [0.1, 0.15) is 6.92 Å². The van der Waals surface area contributed by atoms with E-state index in [1.165, 1.54) is 24.3 Å². The van der Waals surface area contributed by atoms with Crippen LogP contribution in [0, 0.1) is 16.7 Å². The fourth-order valence-corrected chi connectivity index (χ4v) is 2.29. The summed E-state index contributed by atoms with van der Waals surface area (Å²) in [6, 6.07) is 7.43. The molecule has 0 unspecified atom stereocenters. The highest BCUT2D eigenvalue weighted by molar-refractivity contribution is 7.89. The van der Waals surface area contributed by atoms with Gasteiger partial charge in [0.05, 0.1) is 10.6 Å². The second-order valence-corrected chi connectivity index (χ2v) is 5.39. The molecule has 0 fully saturated rings. The maximum absolute atomic E-state index is 11.7.